The van der Waals surface area contributed by atoms with E-state index in [1.807, 2.05) is 0 Å². The van der Waals surface area contributed by atoms with Gasteiger partial charge < -0.3 is 10.1 Å². The molecule has 3 rings (SSSR count). The van der Waals surface area contributed by atoms with E-state index < -0.39 is 11.9 Å². The van der Waals surface area contributed by atoms with Crippen molar-refractivity contribution in [3.8, 4) is 17.0 Å². The monoisotopic (exact) mass is 475 g/mol. The Morgan fingerprint density at radius 1 is 1.06 bits per heavy atom. The van der Waals surface area contributed by atoms with Crippen LogP contribution in [0.5, 0.6) is 5.75 Å². The van der Waals surface area contributed by atoms with Gasteiger partial charge in [-0.15, -0.1) is 0 Å². The fourth-order valence-corrected chi connectivity index (χ4v) is 3.61. The summed E-state index contributed by atoms with van der Waals surface area (Å²) in [6, 6.07) is 13.9. The number of carbonyl (C=O) groups is 2. The average molecular weight is 475 g/mol. The minimum Gasteiger partial charge on any atom is -0.497 e. The average Bonchev–Trinajstić information content (AvgIpc) is 2.78. The minimum absolute atomic E-state index is 0.0203. The third kappa shape index (κ3) is 6.79. The van der Waals surface area contributed by atoms with Gasteiger partial charge in [0.05, 0.1) is 12.8 Å². The smallest absolute Gasteiger partial charge is 0.433 e. The molecule has 0 aliphatic heterocycles. The van der Waals surface area contributed by atoms with Gasteiger partial charge in [-0.1, -0.05) is 23.9 Å². The topological polar surface area (TPSA) is 81.2 Å². The van der Waals surface area contributed by atoms with Crippen molar-refractivity contribution in [3.63, 3.8) is 0 Å². The van der Waals surface area contributed by atoms with Crippen molar-refractivity contribution >= 4 is 29.1 Å². The van der Waals surface area contributed by atoms with Gasteiger partial charge in [0.2, 0.25) is 5.91 Å². The van der Waals surface area contributed by atoms with E-state index in [9.17, 15) is 22.8 Å². The van der Waals surface area contributed by atoms with Crippen LogP contribution >= 0.6 is 11.8 Å². The lowest BCUT2D eigenvalue weighted by Crippen LogP contribution is -2.13. The zero-order chi connectivity index (χ0) is 24.0. The Labute approximate surface area is 192 Å². The molecule has 0 saturated heterocycles. The third-order valence-electron chi connectivity index (χ3n) is 4.49. The molecule has 0 radical (unpaired) electrons. The predicted octanol–water partition coefficient (Wildman–Crippen LogP) is 5.49. The molecule has 0 atom stereocenters. The van der Waals surface area contributed by atoms with Gasteiger partial charge >= 0.3 is 6.18 Å². The number of anilines is 1. The number of ketones is 1. The number of alkyl halides is 3. The molecule has 1 N–H and O–H groups in total. The summed E-state index contributed by atoms with van der Waals surface area (Å²) in [6.07, 6.45) is -4.62. The molecule has 0 unspecified atom stereocenters. The van der Waals surface area contributed by atoms with Gasteiger partial charge in [-0.05, 0) is 49.4 Å². The Morgan fingerprint density at radius 3 is 2.42 bits per heavy atom. The first-order valence-electron chi connectivity index (χ1n) is 9.80. The van der Waals surface area contributed by atoms with Crippen LogP contribution in [-0.4, -0.2) is 34.5 Å². The number of Topliss-reactive ketones (excluding diaryl/α,β-unsaturated/α-hetero) is 1. The van der Waals surface area contributed by atoms with E-state index in [0.29, 0.717) is 22.6 Å². The number of ether oxygens (including phenoxy) is 1. The normalized spacial score (nSPS) is 11.2. The van der Waals surface area contributed by atoms with Crippen molar-refractivity contribution in [2.75, 3.05) is 18.2 Å². The Bertz CT molecular complexity index is 1150. The Morgan fingerprint density at radius 2 is 1.79 bits per heavy atom. The van der Waals surface area contributed by atoms with Crippen LogP contribution in [0.2, 0.25) is 0 Å². The summed E-state index contributed by atoms with van der Waals surface area (Å²) in [5.74, 6) is 0.265. The molecule has 0 aliphatic rings. The largest absolute Gasteiger partial charge is 0.497 e. The number of thioether (sulfide) groups is 1. The molecule has 1 aromatic heterocycles. The number of aromatic nitrogens is 2. The fourth-order valence-electron chi connectivity index (χ4n) is 2.82. The van der Waals surface area contributed by atoms with Gasteiger partial charge in [-0.25, -0.2) is 9.97 Å². The first-order valence-corrected chi connectivity index (χ1v) is 10.8. The SMILES string of the molecule is COc1ccc(-c2cc(C(F)(F)F)nc(SCCC(=O)Nc3cccc(C(C)=O)c3)n2)cc1. The molecule has 10 heteroatoms. The summed E-state index contributed by atoms with van der Waals surface area (Å²) >= 11 is 0.952. The number of benzene rings is 2. The first-order chi connectivity index (χ1) is 15.7. The van der Waals surface area contributed by atoms with Crippen molar-refractivity contribution in [2.45, 2.75) is 24.7 Å². The zero-order valence-corrected chi connectivity index (χ0v) is 18.6. The molecule has 2 aromatic carbocycles. The van der Waals surface area contributed by atoms with E-state index >= 15 is 0 Å². The van der Waals surface area contributed by atoms with Gasteiger partial charge in [0.1, 0.15) is 11.4 Å². The number of nitrogens with zero attached hydrogens (tertiary/aromatic N) is 2. The molecule has 0 aliphatic carbocycles. The second-order valence-corrected chi connectivity index (χ2v) is 7.99. The molecule has 0 saturated carbocycles. The van der Waals surface area contributed by atoms with Crippen LogP contribution in [0.1, 0.15) is 29.4 Å². The molecular formula is C23H20F3N3O3S. The highest BCUT2D eigenvalue weighted by Gasteiger charge is 2.33. The van der Waals surface area contributed by atoms with Crippen LogP contribution in [0, 0.1) is 0 Å². The summed E-state index contributed by atoms with van der Waals surface area (Å²) in [5, 5.41) is 2.59. The summed E-state index contributed by atoms with van der Waals surface area (Å²) < 4.78 is 45.1. The maximum absolute atomic E-state index is 13.4. The molecule has 1 amide bonds. The lowest BCUT2D eigenvalue weighted by atomic mass is 10.1. The summed E-state index contributed by atoms with van der Waals surface area (Å²) in [4.78, 5) is 31.5. The van der Waals surface area contributed by atoms with Crippen LogP contribution < -0.4 is 10.1 Å². The molecule has 3 aromatic rings. The number of rotatable bonds is 8. The second-order valence-electron chi connectivity index (χ2n) is 6.93. The molecule has 6 nitrogen and oxygen atoms in total. The molecule has 1 heterocycles. The van der Waals surface area contributed by atoms with E-state index in [-0.39, 0.29) is 34.7 Å². The maximum Gasteiger partial charge on any atom is 0.433 e. The highest BCUT2D eigenvalue weighted by atomic mass is 32.2. The van der Waals surface area contributed by atoms with Crippen molar-refractivity contribution in [3.05, 3.63) is 65.9 Å². The Kier molecular flexibility index (Phi) is 7.70. The van der Waals surface area contributed by atoms with Crippen molar-refractivity contribution in [1.82, 2.24) is 9.97 Å². The number of hydrogen-bond donors (Lipinski definition) is 1. The fraction of sp³-hybridized carbons (Fsp3) is 0.217. The van der Waals surface area contributed by atoms with Crippen LogP contribution in [0.3, 0.4) is 0 Å². The summed E-state index contributed by atoms with van der Waals surface area (Å²) in [5.41, 5.74) is 0.471. The molecule has 0 fully saturated rings. The van der Waals surface area contributed by atoms with Crippen molar-refractivity contribution < 1.29 is 27.5 Å². The molecular weight excluding hydrogens is 455 g/mol. The minimum atomic E-state index is -4.64. The number of hydrogen-bond acceptors (Lipinski definition) is 6. The van der Waals surface area contributed by atoms with Gasteiger partial charge in [-0.3, -0.25) is 9.59 Å². The van der Waals surface area contributed by atoms with Crippen LogP contribution in [0.15, 0.2) is 59.8 Å². The standard InChI is InChI=1S/C23H20F3N3O3S/c1-14(30)16-4-3-5-17(12-16)27-21(31)10-11-33-22-28-19(13-20(29-22)23(24,25)26)15-6-8-18(32-2)9-7-15/h3-9,12-13H,10-11H2,1-2H3,(H,27,31). The van der Waals surface area contributed by atoms with Crippen LogP contribution in [0.4, 0.5) is 18.9 Å². The van der Waals surface area contributed by atoms with E-state index in [1.165, 1.54) is 14.0 Å². The Balaban J connectivity index is 1.70. The molecule has 33 heavy (non-hydrogen) atoms. The predicted molar refractivity (Wildman–Crippen MR) is 119 cm³/mol. The van der Waals surface area contributed by atoms with Crippen LogP contribution in [-0.2, 0) is 11.0 Å². The van der Waals surface area contributed by atoms with E-state index in [1.54, 1.807) is 48.5 Å². The second kappa shape index (κ2) is 10.5. The molecule has 172 valence electrons. The van der Waals surface area contributed by atoms with Gasteiger partial charge in [0, 0.05) is 29.0 Å². The quantitative estimate of drug-likeness (QED) is 0.263. The molecule has 0 spiro atoms. The number of carbonyl (C=O) groups excluding carboxylic acids is 2. The highest BCUT2D eigenvalue weighted by molar-refractivity contribution is 7.99. The summed E-state index contributed by atoms with van der Waals surface area (Å²) in [7, 11) is 1.49. The van der Waals surface area contributed by atoms with Crippen LogP contribution in [0.25, 0.3) is 11.3 Å². The summed E-state index contributed by atoms with van der Waals surface area (Å²) in [6.45, 7) is 1.42. The first kappa shape index (κ1) is 24.2. The van der Waals surface area contributed by atoms with Crippen molar-refractivity contribution in [2.24, 2.45) is 0 Å². The van der Waals surface area contributed by atoms with Crippen molar-refractivity contribution in [1.29, 1.82) is 0 Å². The molecule has 0 bridgehead atoms. The van der Waals surface area contributed by atoms with Gasteiger partial charge in [0.25, 0.3) is 0 Å². The number of amides is 1. The van der Waals surface area contributed by atoms with Gasteiger partial charge in [-0.2, -0.15) is 13.2 Å². The van der Waals surface area contributed by atoms with Gasteiger partial charge in [0.15, 0.2) is 10.9 Å². The number of halogens is 3. The Hall–Kier alpha value is -3.40. The number of methoxy groups -OCH3 is 1. The lowest BCUT2D eigenvalue weighted by molar-refractivity contribution is -0.141. The lowest BCUT2D eigenvalue weighted by Gasteiger charge is -2.11. The zero-order valence-electron chi connectivity index (χ0n) is 17.8. The van der Waals surface area contributed by atoms with E-state index in [4.69, 9.17) is 4.74 Å². The maximum atomic E-state index is 13.4. The number of nitrogens with one attached hydrogen (secondary N) is 1. The van der Waals surface area contributed by atoms with E-state index in [2.05, 4.69) is 15.3 Å². The van der Waals surface area contributed by atoms with E-state index in [0.717, 1.165) is 17.8 Å². The highest BCUT2D eigenvalue weighted by Crippen LogP contribution is 2.32. The third-order valence-corrected chi connectivity index (χ3v) is 5.34.